The molecule has 0 fully saturated rings. The summed E-state index contributed by atoms with van der Waals surface area (Å²) in [5.41, 5.74) is 0.293. The molecule has 1 heterocycles. The second-order valence-corrected chi connectivity index (χ2v) is 5.46. The average molecular weight is 370 g/mol. The van der Waals surface area contributed by atoms with E-state index in [1.54, 1.807) is 0 Å². The number of halogens is 1. The molecule has 0 saturated carbocycles. The molecule has 0 unspecified atom stereocenters. The Morgan fingerprint density at radius 1 is 1.32 bits per heavy atom. The van der Waals surface area contributed by atoms with E-state index in [1.165, 1.54) is 18.2 Å². The first-order chi connectivity index (χ1) is 11.6. The monoisotopic (exact) mass is 369 g/mol. The average Bonchev–Trinajstić information content (AvgIpc) is 3.01. The van der Waals surface area contributed by atoms with Crippen LogP contribution in [0.2, 0.25) is 0 Å². The van der Waals surface area contributed by atoms with Crippen LogP contribution in [-0.2, 0) is 0 Å². The van der Waals surface area contributed by atoms with Crippen LogP contribution in [0.5, 0.6) is 0 Å². The van der Waals surface area contributed by atoms with E-state index in [9.17, 15) is 14.9 Å². The predicted octanol–water partition coefficient (Wildman–Crippen LogP) is -0.408. The molecule has 1 aromatic carbocycles. The van der Waals surface area contributed by atoms with Crippen molar-refractivity contribution < 1.29 is 26.6 Å². The molecule has 1 N–H and O–H groups in total. The van der Waals surface area contributed by atoms with Crippen molar-refractivity contribution in [2.75, 3.05) is 26.2 Å². The number of aromatic nitrogens is 1. The maximum Gasteiger partial charge on any atom is 0.274 e. The number of carbonyl (C=O) groups excluding carboxylic acids is 1. The van der Waals surface area contributed by atoms with Crippen molar-refractivity contribution in [2.24, 2.45) is 0 Å². The molecule has 1 aromatic heterocycles. The first-order valence-electron chi connectivity index (χ1n) is 8.11. The molecule has 0 aliphatic rings. The Kier molecular flexibility index (Phi) is 8.30. The van der Waals surface area contributed by atoms with Gasteiger partial charge in [-0.15, -0.1) is 0 Å². The smallest absolute Gasteiger partial charge is 0.274 e. The van der Waals surface area contributed by atoms with Crippen molar-refractivity contribution >= 4 is 22.6 Å². The SMILES string of the molecule is CCN(CC)CCCCNC(=O)c1noc2cc([N+](=O)[O-])ccc12.[Cl-]. The molecule has 8 nitrogen and oxygen atoms in total. The zero-order valence-corrected chi connectivity index (χ0v) is 15.1. The highest BCUT2D eigenvalue weighted by Crippen LogP contribution is 2.23. The number of amides is 1. The first kappa shape index (κ1) is 20.9. The summed E-state index contributed by atoms with van der Waals surface area (Å²) >= 11 is 0. The molecule has 25 heavy (non-hydrogen) atoms. The zero-order valence-electron chi connectivity index (χ0n) is 14.3. The van der Waals surface area contributed by atoms with Gasteiger partial charge in [0.2, 0.25) is 0 Å². The van der Waals surface area contributed by atoms with Crippen molar-refractivity contribution in [3.63, 3.8) is 0 Å². The lowest BCUT2D eigenvalue weighted by molar-refractivity contribution is -0.384. The number of hydrogen-bond acceptors (Lipinski definition) is 6. The Labute approximate surface area is 152 Å². The lowest BCUT2D eigenvalue weighted by Gasteiger charge is -2.17. The van der Waals surface area contributed by atoms with Crippen LogP contribution in [0.25, 0.3) is 11.0 Å². The fraction of sp³-hybridized carbons (Fsp3) is 0.500. The second-order valence-electron chi connectivity index (χ2n) is 5.46. The summed E-state index contributed by atoms with van der Waals surface area (Å²) in [5, 5.41) is 17.8. The number of nitrogens with one attached hydrogen (secondary N) is 1. The van der Waals surface area contributed by atoms with Crippen LogP contribution in [0.1, 0.15) is 37.2 Å². The van der Waals surface area contributed by atoms with Crippen LogP contribution in [-0.4, -0.2) is 47.1 Å². The van der Waals surface area contributed by atoms with Crippen LogP contribution in [0.3, 0.4) is 0 Å². The van der Waals surface area contributed by atoms with Crippen molar-refractivity contribution in [3.05, 3.63) is 34.0 Å². The molecule has 2 rings (SSSR count). The molecule has 0 aliphatic heterocycles. The van der Waals surface area contributed by atoms with Crippen LogP contribution in [0, 0.1) is 10.1 Å². The topological polar surface area (TPSA) is 102 Å². The normalized spacial score (nSPS) is 10.7. The number of nitro benzene ring substituents is 1. The highest BCUT2D eigenvalue weighted by Gasteiger charge is 2.18. The Hall–Kier alpha value is -2.19. The number of nitrogens with zero attached hydrogens (tertiary/aromatic N) is 3. The summed E-state index contributed by atoms with van der Waals surface area (Å²) in [6.45, 7) is 7.89. The number of fused-ring (bicyclic) bond motifs is 1. The number of hydrogen-bond donors (Lipinski definition) is 1. The lowest BCUT2D eigenvalue weighted by atomic mass is 10.2. The van der Waals surface area contributed by atoms with Gasteiger partial charge in [-0.25, -0.2) is 0 Å². The number of carbonyl (C=O) groups is 1. The minimum Gasteiger partial charge on any atom is -1.00 e. The van der Waals surface area contributed by atoms with Gasteiger partial charge in [0.1, 0.15) is 0 Å². The van der Waals surface area contributed by atoms with E-state index in [1.807, 2.05) is 0 Å². The van der Waals surface area contributed by atoms with E-state index >= 15 is 0 Å². The maximum absolute atomic E-state index is 12.2. The molecule has 0 radical (unpaired) electrons. The largest absolute Gasteiger partial charge is 1.00 e. The maximum atomic E-state index is 12.2. The van der Waals surface area contributed by atoms with Crippen LogP contribution >= 0.6 is 0 Å². The van der Waals surface area contributed by atoms with E-state index in [0.717, 1.165) is 32.5 Å². The van der Waals surface area contributed by atoms with E-state index in [-0.39, 0.29) is 35.3 Å². The van der Waals surface area contributed by atoms with Crippen molar-refractivity contribution in [1.29, 1.82) is 0 Å². The van der Waals surface area contributed by atoms with Gasteiger partial charge in [0.05, 0.1) is 16.4 Å². The van der Waals surface area contributed by atoms with Gasteiger partial charge < -0.3 is 27.1 Å². The van der Waals surface area contributed by atoms with Crippen LogP contribution < -0.4 is 17.7 Å². The van der Waals surface area contributed by atoms with Crippen molar-refractivity contribution in [2.45, 2.75) is 26.7 Å². The highest BCUT2D eigenvalue weighted by molar-refractivity contribution is 6.04. The van der Waals surface area contributed by atoms with Gasteiger partial charge in [0, 0.05) is 12.6 Å². The summed E-state index contributed by atoms with van der Waals surface area (Å²) in [6, 6.07) is 4.09. The fourth-order valence-electron chi connectivity index (χ4n) is 2.49. The molecule has 0 spiro atoms. The minimum absolute atomic E-state index is 0. The van der Waals surface area contributed by atoms with Gasteiger partial charge in [-0.1, -0.05) is 19.0 Å². The first-order valence-corrected chi connectivity index (χ1v) is 8.11. The second kappa shape index (κ2) is 9.95. The van der Waals surface area contributed by atoms with Gasteiger partial charge in [-0.2, -0.15) is 0 Å². The molecule has 0 bridgehead atoms. The Morgan fingerprint density at radius 3 is 2.68 bits per heavy atom. The van der Waals surface area contributed by atoms with Crippen LogP contribution in [0.4, 0.5) is 5.69 Å². The summed E-state index contributed by atoms with van der Waals surface area (Å²) in [4.78, 5) is 24.7. The van der Waals surface area contributed by atoms with Gasteiger partial charge in [-0.3, -0.25) is 14.9 Å². The molecule has 0 aliphatic carbocycles. The van der Waals surface area contributed by atoms with Crippen molar-refractivity contribution in [1.82, 2.24) is 15.4 Å². The molecule has 138 valence electrons. The molecule has 9 heteroatoms. The minimum atomic E-state index is -0.516. The van der Waals surface area contributed by atoms with E-state index in [0.29, 0.717) is 11.9 Å². The quantitative estimate of drug-likeness (QED) is 0.366. The van der Waals surface area contributed by atoms with Gasteiger partial charge in [0.25, 0.3) is 11.6 Å². The molecule has 0 saturated heterocycles. The zero-order chi connectivity index (χ0) is 17.5. The summed E-state index contributed by atoms with van der Waals surface area (Å²) in [5.74, 6) is -0.328. The third-order valence-electron chi connectivity index (χ3n) is 3.96. The number of unbranched alkanes of at least 4 members (excludes halogenated alkanes) is 1. The molecular formula is C16H22ClN4O4-. The Balaban J connectivity index is 0.00000312. The lowest BCUT2D eigenvalue weighted by Crippen LogP contribution is -3.00. The van der Waals surface area contributed by atoms with E-state index in [2.05, 4.69) is 29.2 Å². The van der Waals surface area contributed by atoms with Crippen LogP contribution in [0.15, 0.2) is 22.7 Å². The van der Waals surface area contributed by atoms with Gasteiger partial charge >= 0.3 is 0 Å². The standard InChI is InChI=1S/C16H22N4O4.ClH/c1-3-19(4-2)10-6-5-9-17-16(21)15-13-8-7-12(20(22)23)11-14(13)24-18-15;/h7-8,11H,3-6,9-10H2,1-2H3,(H,17,21);1H/p-1. The molecular weight excluding hydrogens is 348 g/mol. The molecule has 0 atom stereocenters. The Bertz CT molecular complexity index is 715. The van der Waals surface area contributed by atoms with Gasteiger partial charge in [0.15, 0.2) is 11.3 Å². The number of non-ortho nitro benzene ring substituents is 1. The number of nitro groups is 1. The van der Waals surface area contributed by atoms with Gasteiger partial charge in [-0.05, 0) is 38.5 Å². The summed E-state index contributed by atoms with van der Waals surface area (Å²) in [6.07, 6.45) is 1.89. The number of benzene rings is 1. The summed E-state index contributed by atoms with van der Waals surface area (Å²) < 4.78 is 5.03. The van der Waals surface area contributed by atoms with E-state index < -0.39 is 4.92 Å². The highest BCUT2D eigenvalue weighted by atomic mass is 35.5. The number of rotatable bonds is 9. The van der Waals surface area contributed by atoms with E-state index in [4.69, 9.17) is 4.52 Å². The third kappa shape index (κ3) is 5.40. The third-order valence-corrected chi connectivity index (χ3v) is 3.96. The Morgan fingerprint density at radius 2 is 2.04 bits per heavy atom. The fourth-order valence-corrected chi connectivity index (χ4v) is 2.49. The molecule has 2 aromatic rings. The molecule has 1 amide bonds. The van der Waals surface area contributed by atoms with Crippen molar-refractivity contribution in [3.8, 4) is 0 Å². The summed E-state index contributed by atoms with van der Waals surface area (Å²) in [7, 11) is 0. The predicted molar refractivity (Wildman–Crippen MR) is 90.0 cm³/mol.